The number of carbonyl (C=O) groups excluding carboxylic acids is 1. The first-order chi connectivity index (χ1) is 9.61. The predicted octanol–water partition coefficient (Wildman–Crippen LogP) is 1.67. The van der Waals surface area contributed by atoms with Crippen LogP contribution in [0.25, 0.3) is 0 Å². The summed E-state index contributed by atoms with van der Waals surface area (Å²) in [5.41, 5.74) is 0.486. The van der Waals surface area contributed by atoms with Crippen LogP contribution in [-0.2, 0) is 11.3 Å². The van der Waals surface area contributed by atoms with E-state index in [0.29, 0.717) is 18.5 Å². The minimum atomic E-state index is -0.818. The summed E-state index contributed by atoms with van der Waals surface area (Å²) in [4.78, 5) is 23.5. The highest BCUT2D eigenvalue weighted by Gasteiger charge is 2.30. The number of rotatable bonds is 4. The third-order valence-corrected chi connectivity index (χ3v) is 3.87. The van der Waals surface area contributed by atoms with Crippen LogP contribution in [0.5, 0.6) is 0 Å². The second-order valence-corrected chi connectivity index (χ2v) is 5.25. The van der Waals surface area contributed by atoms with Gasteiger partial charge in [-0.3, -0.25) is 14.3 Å². The van der Waals surface area contributed by atoms with Crippen molar-refractivity contribution in [2.75, 3.05) is 0 Å². The van der Waals surface area contributed by atoms with Gasteiger partial charge in [-0.1, -0.05) is 19.3 Å². The third kappa shape index (κ3) is 3.37. The molecule has 0 bridgehead atoms. The molecule has 1 aliphatic carbocycles. The molecule has 0 unspecified atom stereocenters. The number of carboxylic acid groups (broad SMARTS) is 1. The summed E-state index contributed by atoms with van der Waals surface area (Å²) in [5, 5.41) is 16.2. The normalized spacial score (nSPS) is 23.1. The zero-order chi connectivity index (χ0) is 14.5. The van der Waals surface area contributed by atoms with E-state index in [-0.39, 0.29) is 11.9 Å². The molecule has 1 aliphatic rings. The molecule has 0 spiro atoms. The first kappa shape index (κ1) is 14.6. The number of carboxylic acids is 1. The molecule has 2 atom stereocenters. The molecule has 1 aromatic heterocycles. The third-order valence-electron chi connectivity index (χ3n) is 3.87. The molecule has 1 amide bonds. The van der Waals surface area contributed by atoms with E-state index in [1.165, 1.54) is 6.20 Å². The average molecular weight is 279 g/mol. The highest BCUT2D eigenvalue weighted by molar-refractivity contribution is 5.94. The Labute approximate surface area is 118 Å². The van der Waals surface area contributed by atoms with Gasteiger partial charge in [0.25, 0.3) is 5.91 Å². The van der Waals surface area contributed by atoms with Crippen LogP contribution >= 0.6 is 0 Å². The predicted molar refractivity (Wildman–Crippen MR) is 73.4 cm³/mol. The lowest BCUT2D eigenvalue weighted by Crippen LogP contribution is -2.42. The Kier molecular flexibility index (Phi) is 4.76. The Balaban J connectivity index is 2.05. The maximum absolute atomic E-state index is 12.2. The molecule has 6 heteroatoms. The standard InChI is InChI=1S/C14H21N3O3/c1-2-17-9-10(8-15-17)13(18)16-12-7-5-3-4-6-11(12)14(19)20/h8-9,11-12H,2-7H2,1H3,(H,16,18)(H,19,20)/t11-,12-/m0/s1. The molecule has 0 radical (unpaired) electrons. The first-order valence-corrected chi connectivity index (χ1v) is 7.18. The molecule has 0 aliphatic heterocycles. The van der Waals surface area contributed by atoms with E-state index in [2.05, 4.69) is 10.4 Å². The summed E-state index contributed by atoms with van der Waals surface area (Å²) >= 11 is 0. The van der Waals surface area contributed by atoms with Crippen molar-refractivity contribution in [1.82, 2.24) is 15.1 Å². The van der Waals surface area contributed by atoms with Gasteiger partial charge in [0, 0.05) is 18.8 Å². The molecular formula is C14H21N3O3. The highest BCUT2D eigenvalue weighted by Crippen LogP contribution is 2.24. The minimum absolute atomic E-state index is 0.233. The maximum atomic E-state index is 12.2. The van der Waals surface area contributed by atoms with E-state index in [0.717, 1.165) is 25.7 Å². The van der Waals surface area contributed by atoms with Crippen molar-refractivity contribution >= 4 is 11.9 Å². The van der Waals surface area contributed by atoms with Gasteiger partial charge in [-0.15, -0.1) is 0 Å². The van der Waals surface area contributed by atoms with Crippen molar-refractivity contribution in [3.05, 3.63) is 18.0 Å². The van der Waals surface area contributed by atoms with Crippen LogP contribution < -0.4 is 5.32 Å². The fraction of sp³-hybridized carbons (Fsp3) is 0.643. The lowest BCUT2D eigenvalue weighted by atomic mass is 9.94. The summed E-state index contributed by atoms with van der Waals surface area (Å²) in [6.07, 6.45) is 7.47. The van der Waals surface area contributed by atoms with Gasteiger partial charge in [0.05, 0.1) is 17.7 Å². The van der Waals surface area contributed by atoms with Crippen molar-refractivity contribution in [3.8, 4) is 0 Å². The number of hydrogen-bond acceptors (Lipinski definition) is 3. The van der Waals surface area contributed by atoms with Crippen LogP contribution in [0.3, 0.4) is 0 Å². The van der Waals surface area contributed by atoms with E-state index in [1.807, 2.05) is 6.92 Å². The largest absolute Gasteiger partial charge is 0.481 e. The summed E-state index contributed by atoms with van der Waals surface area (Å²) in [6.45, 7) is 2.65. The lowest BCUT2D eigenvalue weighted by Gasteiger charge is -2.22. The van der Waals surface area contributed by atoms with Crippen molar-refractivity contribution < 1.29 is 14.7 Å². The fourth-order valence-electron chi connectivity index (χ4n) is 2.68. The van der Waals surface area contributed by atoms with Gasteiger partial charge in [0.15, 0.2) is 0 Å². The smallest absolute Gasteiger partial charge is 0.308 e. The molecule has 1 saturated carbocycles. The number of amides is 1. The summed E-state index contributed by atoms with van der Waals surface area (Å²) in [5.74, 6) is -1.54. The molecular weight excluding hydrogens is 258 g/mol. The molecule has 1 fully saturated rings. The summed E-state index contributed by atoms with van der Waals surface area (Å²) in [6, 6.07) is -0.285. The van der Waals surface area contributed by atoms with Crippen molar-refractivity contribution in [2.45, 2.75) is 51.6 Å². The van der Waals surface area contributed by atoms with Gasteiger partial charge in [0.1, 0.15) is 0 Å². The molecule has 1 aromatic rings. The number of aryl methyl sites for hydroxylation is 1. The van der Waals surface area contributed by atoms with Crippen molar-refractivity contribution in [1.29, 1.82) is 0 Å². The van der Waals surface area contributed by atoms with Crippen molar-refractivity contribution in [3.63, 3.8) is 0 Å². The number of hydrogen-bond donors (Lipinski definition) is 2. The van der Waals surface area contributed by atoms with Gasteiger partial charge >= 0.3 is 5.97 Å². The zero-order valence-corrected chi connectivity index (χ0v) is 11.7. The number of aliphatic carboxylic acids is 1. The Hall–Kier alpha value is -1.85. The van der Waals surface area contributed by atoms with E-state index in [9.17, 15) is 14.7 Å². The van der Waals surface area contributed by atoms with E-state index >= 15 is 0 Å². The number of nitrogens with zero attached hydrogens (tertiary/aromatic N) is 2. The molecule has 20 heavy (non-hydrogen) atoms. The van der Waals surface area contributed by atoms with Gasteiger partial charge in [-0.05, 0) is 19.8 Å². The van der Waals surface area contributed by atoms with Crippen LogP contribution in [-0.4, -0.2) is 32.8 Å². The Morgan fingerprint density at radius 1 is 1.40 bits per heavy atom. The molecule has 0 saturated heterocycles. The van der Waals surface area contributed by atoms with Crippen LogP contribution in [0.1, 0.15) is 49.4 Å². The highest BCUT2D eigenvalue weighted by atomic mass is 16.4. The van der Waals surface area contributed by atoms with Crippen molar-refractivity contribution in [2.24, 2.45) is 5.92 Å². The fourth-order valence-corrected chi connectivity index (χ4v) is 2.68. The number of carbonyl (C=O) groups is 2. The average Bonchev–Trinajstić information content (AvgIpc) is 2.79. The van der Waals surface area contributed by atoms with E-state index in [1.54, 1.807) is 10.9 Å². The molecule has 0 aromatic carbocycles. The monoisotopic (exact) mass is 279 g/mol. The summed E-state index contributed by atoms with van der Waals surface area (Å²) < 4.78 is 1.68. The molecule has 110 valence electrons. The van der Waals surface area contributed by atoms with Crippen LogP contribution in [0, 0.1) is 5.92 Å². The maximum Gasteiger partial charge on any atom is 0.308 e. The lowest BCUT2D eigenvalue weighted by molar-refractivity contribution is -0.142. The van der Waals surface area contributed by atoms with Crippen LogP contribution in [0.4, 0.5) is 0 Å². The van der Waals surface area contributed by atoms with E-state index < -0.39 is 11.9 Å². The Morgan fingerprint density at radius 3 is 2.80 bits per heavy atom. The minimum Gasteiger partial charge on any atom is -0.481 e. The van der Waals surface area contributed by atoms with Gasteiger partial charge in [0.2, 0.25) is 0 Å². The van der Waals surface area contributed by atoms with Crippen LogP contribution in [0.2, 0.25) is 0 Å². The number of nitrogens with one attached hydrogen (secondary N) is 1. The quantitative estimate of drug-likeness (QED) is 0.821. The first-order valence-electron chi connectivity index (χ1n) is 7.18. The number of aromatic nitrogens is 2. The second-order valence-electron chi connectivity index (χ2n) is 5.25. The van der Waals surface area contributed by atoms with Crippen LogP contribution in [0.15, 0.2) is 12.4 Å². The second kappa shape index (κ2) is 6.54. The van der Waals surface area contributed by atoms with E-state index in [4.69, 9.17) is 0 Å². The van der Waals surface area contributed by atoms with Gasteiger partial charge < -0.3 is 10.4 Å². The SMILES string of the molecule is CCn1cc(C(=O)N[C@H]2CCCCC[C@@H]2C(=O)O)cn1. The molecule has 2 rings (SSSR count). The zero-order valence-electron chi connectivity index (χ0n) is 11.7. The Bertz CT molecular complexity index is 484. The molecule has 2 N–H and O–H groups in total. The topological polar surface area (TPSA) is 84.2 Å². The Morgan fingerprint density at radius 2 is 2.15 bits per heavy atom. The van der Waals surface area contributed by atoms with Gasteiger partial charge in [-0.2, -0.15) is 5.10 Å². The molecule has 1 heterocycles. The van der Waals surface area contributed by atoms with Gasteiger partial charge in [-0.25, -0.2) is 0 Å². The summed E-state index contributed by atoms with van der Waals surface area (Å²) in [7, 11) is 0. The molecule has 6 nitrogen and oxygen atoms in total.